The third-order valence-corrected chi connectivity index (χ3v) is 1.99. The highest BCUT2D eigenvalue weighted by molar-refractivity contribution is 9.10. The van der Waals surface area contributed by atoms with Crippen LogP contribution in [0.4, 0.5) is 26.3 Å². The average molecular weight is 279 g/mol. The first-order valence-corrected chi connectivity index (χ1v) is 3.94. The van der Waals surface area contributed by atoms with Crippen LogP contribution in [0, 0.1) is 17.5 Å². The first kappa shape index (κ1) is 11.4. The topological polar surface area (TPSA) is 0 Å². The number of alkyl halides is 3. The summed E-state index contributed by atoms with van der Waals surface area (Å²) < 4.78 is 72.8. The molecule has 0 unspecified atom stereocenters. The molecule has 0 amide bonds. The van der Waals surface area contributed by atoms with E-state index in [0.29, 0.717) is 0 Å². The zero-order valence-corrected chi connectivity index (χ0v) is 7.81. The molecule has 1 aromatic rings. The Morgan fingerprint density at radius 1 is 0.929 bits per heavy atom. The third kappa shape index (κ3) is 1.87. The zero-order valence-electron chi connectivity index (χ0n) is 6.22. The zero-order chi connectivity index (χ0) is 11.1. The van der Waals surface area contributed by atoms with Crippen molar-refractivity contribution in [3.63, 3.8) is 0 Å². The molecule has 0 N–H and O–H groups in total. The number of rotatable bonds is 0. The van der Waals surface area contributed by atoms with Crippen molar-refractivity contribution in [2.45, 2.75) is 6.18 Å². The van der Waals surface area contributed by atoms with Crippen molar-refractivity contribution in [3.8, 4) is 0 Å². The first-order chi connectivity index (χ1) is 6.25. The molecule has 78 valence electrons. The Balaban J connectivity index is 3.49. The average Bonchev–Trinajstić information content (AvgIpc) is 2.06. The lowest BCUT2D eigenvalue weighted by Gasteiger charge is -2.09. The maximum absolute atomic E-state index is 12.6. The molecule has 0 aliphatic rings. The molecule has 0 nitrogen and oxygen atoms in total. The van der Waals surface area contributed by atoms with Crippen molar-refractivity contribution in [2.75, 3.05) is 0 Å². The Kier molecular flexibility index (Phi) is 2.80. The summed E-state index contributed by atoms with van der Waals surface area (Å²) in [6.45, 7) is 0. The molecule has 0 saturated heterocycles. The molecule has 0 atom stereocenters. The molecule has 0 bridgehead atoms. The van der Waals surface area contributed by atoms with E-state index in [9.17, 15) is 26.3 Å². The standard InChI is InChI=1S/C7HBrF6/c8-3-1-2(7(12,13)14)4(9)6(11)5(3)10/h1H. The van der Waals surface area contributed by atoms with E-state index >= 15 is 0 Å². The third-order valence-electron chi connectivity index (χ3n) is 1.41. The van der Waals surface area contributed by atoms with Gasteiger partial charge in [0.15, 0.2) is 17.5 Å². The molecule has 0 radical (unpaired) electrons. The summed E-state index contributed by atoms with van der Waals surface area (Å²) in [6, 6.07) is 0.147. The second-order valence-electron chi connectivity index (χ2n) is 2.35. The number of hydrogen-bond acceptors (Lipinski definition) is 0. The van der Waals surface area contributed by atoms with Gasteiger partial charge in [-0.1, -0.05) is 0 Å². The summed E-state index contributed by atoms with van der Waals surface area (Å²) in [5.41, 5.74) is -1.84. The maximum atomic E-state index is 12.6. The fourth-order valence-corrected chi connectivity index (χ4v) is 1.18. The van der Waals surface area contributed by atoms with Crippen LogP contribution < -0.4 is 0 Å². The van der Waals surface area contributed by atoms with Crippen molar-refractivity contribution in [1.29, 1.82) is 0 Å². The van der Waals surface area contributed by atoms with Crippen molar-refractivity contribution < 1.29 is 26.3 Å². The summed E-state index contributed by atoms with van der Waals surface area (Å²) in [6.07, 6.45) is -5.05. The number of hydrogen-bond donors (Lipinski definition) is 0. The van der Waals surface area contributed by atoms with Gasteiger partial charge in [0, 0.05) is 0 Å². The van der Waals surface area contributed by atoms with Gasteiger partial charge in [0.2, 0.25) is 0 Å². The van der Waals surface area contributed by atoms with Crippen molar-refractivity contribution in [2.24, 2.45) is 0 Å². The fourth-order valence-electron chi connectivity index (χ4n) is 0.779. The summed E-state index contributed by atoms with van der Waals surface area (Å²) in [7, 11) is 0. The van der Waals surface area contributed by atoms with Crippen LogP contribution in [-0.4, -0.2) is 0 Å². The largest absolute Gasteiger partial charge is 0.419 e. The molecule has 0 aliphatic heterocycles. The van der Waals surface area contributed by atoms with Gasteiger partial charge in [-0.2, -0.15) is 13.2 Å². The van der Waals surface area contributed by atoms with Gasteiger partial charge < -0.3 is 0 Å². The highest BCUT2D eigenvalue weighted by atomic mass is 79.9. The van der Waals surface area contributed by atoms with Crippen LogP contribution >= 0.6 is 15.9 Å². The molecule has 0 saturated carbocycles. The van der Waals surface area contributed by atoms with Crippen LogP contribution in [0.3, 0.4) is 0 Å². The highest BCUT2D eigenvalue weighted by Gasteiger charge is 2.37. The Morgan fingerprint density at radius 2 is 1.43 bits per heavy atom. The Morgan fingerprint density at radius 3 is 1.86 bits per heavy atom. The van der Waals surface area contributed by atoms with E-state index in [0.717, 1.165) is 0 Å². The maximum Gasteiger partial charge on any atom is 0.419 e. The van der Waals surface area contributed by atoms with Crippen LogP contribution in [-0.2, 0) is 6.18 Å². The quantitative estimate of drug-likeness (QED) is 0.384. The minimum atomic E-state index is -5.05. The number of benzene rings is 1. The first-order valence-electron chi connectivity index (χ1n) is 3.15. The molecule has 1 aromatic carbocycles. The SMILES string of the molecule is Fc1c(Br)cc(C(F)(F)F)c(F)c1F. The van der Waals surface area contributed by atoms with E-state index in [1.54, 1.807) is 0 Å². The van der Waals surface area contributed by atoms with E-state index in [-0.39, 0.29) is 6.07 Å². The summed E-state index contributed by atoms with van der Waals surface area (Å²) in [5, 5.41) is 0. The monoisotopic (exact) mass is 278 g/mol. The molecule has 0 heterocycles. The summed E-state index contributed by atoms with van der Waals surface area (Å²) in [4.78, 5) is 0. The van der Waals surface area contributed by atoms with E-state index in [1.807, 2.05) is 0 Å². The molecule has 0 spiro atoms. The minimum absolute atomic E-state index is 0.147. The molecule has 0 aliphatic carbocycles. The Labute approximate surface area is 82.7 Å². The molecule has 7 heteroatoms. The lowest BCUT2D eigenvalue weighted by atomic mass is 10.2. The number of halogens is 7. The van der Waals surface area contributed by atoms with E-state index < -0.39 is 33.7 Å². The normalized spacial score (nSPS) is 11.9. The minimum Gasteiger partial charge on any atom is -0.203 e. The predicted molar refractivity (Wildman–Crippen MR) is 39.0 cm³/mol. The second kappa shape index (κ2) is 3.45. The van der Waals surface area contributed by atoms with Gasteiger partial charge in [-0.25, -0.2) is 13.2 Å². The lowest BCUT2D eigenvalue weighted by molar-refractivity contribution is -0.140. The van der Waals surface area contributed by atoms with Gasteiger partial charge in [-0.15, -0.1) is 0 Å². The van der Waals surface area contributed by atoms with E-state index in [1.165, 1.54) is 0 Å². The van der Waals surface area contributed by atoms with Crippen LogP contribution in [0.1, 0.15) is 5.56 Å². The van der Waals surface area contributed by atoms with E-state index in [4.69, 9.17) is 0 Å². The Bertz CT molecular complexity index is 369. The van der Waals surface area contributed by atoms with Gasteiger partial charge >= 0.3 is 6.18 Å². The van der Waals surface area contributed by atoms with Crippen molar-refractivity contribution in [1.82, 2.24) is 0 Å². The molecular weight excluding hydrogens is 278 g/mol. The van der Waals surface area contributed by atoms with Gasteiger partial charge in [-0.05, 0) is 22.0 Å². The second-order valence-corrected chi connectivity index (χ2v) is 3.20. The lowest BCUT2D eigenvalue weighted by Crippen LogP contribution is -2.11. The smallest absolute Gasteiger partial charge is 0.203 e. The van der Waals surface area contributed by atoms with Gasteiger partial charge in [0.25, 0.3) is 0 Å². The molecule has 14 heavy (non-hydrogen) atoms. The molecule has 1 rings (SSSR count). The van der Waals surface area contributed by atoms with Crippen LogP contribution in [0.25, 0.3) is 0 Å². The molecule has 0 fully saturated rings. The van der Waals surface area contributed by atoms with E-state index in [2.05, 4.69) is 15.9 Å². The highest BCUT2D eigenvalue weighted by Crippen LogP contribution is 2.35. The predicted octanol–water partition coefficient (Wildman–Crippen LogP) is 3.89. The summed E-state index contributed by atoms with van der Waals surface area (Å²) in [5.74, 6) is -6.07. The fraction of sp³-hybridized carbons (Fsp3) is 0.143. The van der Waals surface area contributed by atoms with Crippen molar-refractivity contribution in [3.05, 3.63) is 33.6 Å². The summed E-state index contributed by atoms with van der Waals surface area (Å²) >= 11 is 2.34. The molecular formula is C7HBrF6. The van der Waals surface area contributed by atoms with Crippen LogP contribution in [0.15, 0.2) is 10.5 Å². The van der Waals surface area contributed by atoms with Crippen LogP contribution in [0.5, 0.6) is 0 Å². The van der Waals surface area contributed by atoms with Gasteiger partial charge in [0.05, 0.1) is 10.0 Å². The van der Waals surface area contributed by atoms with Crippen molar-refractivity contribution >= 4 is 15.9 Å². The van der Waals surface area contributed by atoms with Crippen LogP contribution in [0.2, 0.25) is 0 Å². The Hall–Kier alpha value is -0.720. The van der Waals surface area contributed by atoms with Gasteiger partial charge in [-0.3, -0.25) is 0 Å². The van der Waals surface area contributed by atoms with Gasteiger partial charge in [0.1, 0.15) is 0 Å². The molecule has 0 aromatic heterocycles.